The van der Waals surface area contributed by atoms with Crippen LogP contribution < -0.4 is 14.8 Å². The van der Waals surface area contributed by atoms with Gasteiger partial charge in [0.05, 0.1) is 7.11 Å². The predicted molar refractivity (Wildman–Crippen MR) is 126 cm³/mol. The van der Waals surface area contributed by atoms with E-state index in [-0.39, 0.29) is 17.1 Å². The number of methoxy groups -OCH3 is 1. The van der Waals surface area contributed by atoms with Crippen LogP contribution in [0.3, 0.4) is 0 Å². The molecule has 0 spiro atoms. The monoisotopic (exact) mass is 452 g/mol. The summed E-state index contributed by atoms with van der Waals surface area (Å²) in [5.41, 5.74) is 3.37. The Balaban J connectivity index is 1.89. The van der Waals surface area contributed by atoms with Crippen molar-refractivity contribution in [3.8, 4) is 5.75 Å². The van der Waals surface area contributed by atoms with Gasteiger partial charge in [-0.05, 0) is 60.7 Å². The molecule has 0 fully saturated rings. The number of rotatable bonds is 9. The van der Waals surface area contributed by atoms with Crippen molar-refractivity contribution < 1.29 is 17.9 Å². The van der Waals surface area contributed by atoms with Crippen LogP contribution in [0.4, 0.5) is 5.69 Å². The fourth-order valence-corrected chi connectivity index (χ4v) is 4.78. The molecule has 7 heteroatoms. The van der Waals surface area contributed by atoms with Crippen LogP contribution >= 0.6 is 0 Å². The first kappa shape index (κ1) is 23.5. The lowest BCUT2D eigenvalue weighted by Gasteiger charge is -2.20. The molecule has 0 aliphatic rings. The third-order valence-corrected chi connectivity index (χ3v) is 6.63. The summed E-state index contributed by atoms with van der Waals surface area (Å²) in [5, 5.41) is 2.83. The third kappa shape index (κ3) is 5.96. The van der Waals surface area contributed by atoms with Gasteiger partial charge in [-0.15, -0.1) is 0 Å². The van der Waals surface area contributed by atoms with Gasteiger partial charge in [-0.3, -0.25) is 4.79 Å². The lowest BCUT2D eigenvalue weighted by atomic mass is 10.1. The summed E-state index contributed by atoms with van der Waals surface area (Å²) in [5.74, 6) is -0.217. The van der Waals surface area contributed by atoms with E-state index in [2.05, 4.69) is 17.0 Å². The minimum atomic E-state index is -4.03. The molecule has 0 saturated heterocycles. The Hall–Kier alpha value is -3.16. The maximum absolute atomic E-state index is 13.2. The van der Waals surface area contributed by atoms with E-state index < -0.39 is 22.0 Å². The highest BCUT2D eigenvalue weighted by Gasteiger charge is 2.28. The summed E-state index contributed by atoms with van der Waals surface area (Å²) >= 11 is 0. The molecule has 3 aromatic rings. The van der Waals surface area contributed by atoms with E-state index in [0.717, 1.165) is 23.1 Å². The van der Waals surface area contributed by atoms with Crippen LogP contribution in [0, 0.1) is 6.92 Å². The maximum atomic E-state index is 13.2. The van der Waals surface area contributed by atoms with Crippen LogP contribution in [0.25, 0.3) is 0 Å². The highest BCUT2D eigenvalue weighted by Crippen LogP contribution is 2.25. The molecule has 2 N–H and O–H groups in total. The molecule has 32 heavy (non-hydrogen) atoms. The highest BCUT2D eigenvalue weighted by molar-refractivity contribution is 7.89. The number of amides is 1. The summed E-state index contributed by atoms with van der Waals surface area (Å²) in [4.78, 5) is 13.1. The maximum Gasteiger partial charge on any atom is 0.245 e. The summed E-state index contributed by atoms with van der Waals surface area (Å²) in [6, 6.07) is 20.7. The van der Waals surface area contributed by atoms with Crippen LogP contribution in [0.5, 0.6) is 5.75 Å². The average molecular weight is 453 g/mol. The van der Waals surface area contributed by atoms with Crippen LogP contribution in [0.1, 0.15) is 23.6 Å². The van der Waals surface area contributed by atoms with Gasteiger partial charge in [-0.25, -0.2) is 8.42 Å². The standard InChI is InChI=1S/C25H28N2O4S/c1-4-19-11-13-21(14-12-19)26-25(28)22(17-20-8-6-5-7-9-20)27-32(29,30)24-16-18(2)10-15-23(24)31-3/h5-16,22,27H,4,17H2,1-3H3,(H,26,28)/t22-/m0/s1. The largest absolute Gasteiger partial charge is 0.495 e. The van der Waals surface area contributed by atoms with E-state index in [1.807, 2.05) is 54.6 Å². The fraction of sp³-hybridized carbons (Fsp3) is 0.240. The molecule has 0 bridgehead atoms. The molecular formula is C25H28N2O4S. The van der Waals surface area contributed by atoms with Gasteiger partial charge in [0.15, 0.2) is 0 Å². The Morgan fingerprint density at radius 3 is 2.28 bits per heavy atom. The number of hydrogen-bond acceptors (Lipinski definition) is 4. The number of aryl methyl sites for hydroxylation is 2. The SMILES string of the molecule is CCc1ccc(NC(=O)[C@H](Cc2ccccc2)NS(=O)(=O)c2cc(C)ccc2OC)cc1. The van der Waals surface area contributed by atoms with Gasteiger partial charge in [0.1, 0.15) is 16.7 Å². The van der Waals surface area contributed by atoms with Gasteiger partial charge < -0.3 is 10.1 Å². The average Bonchev–Trinajstić information content (AvgIpc) is 2.79. The van der Waals surface area contributed by atoms with Gasteiger partial charge in [-0.1, -0.05) is 55.5 Å². The van der Waals surface area contributed by atoms with E-state index in [9.17, 15) is 13.2 Å². The first-order chi connectivity index (χ1) is 15.3. The van der Waals surface area contributed by atoms with Gasteiger partial charge >= 0.3 is 0 Å². The number of carbonyl (C=O) groups is 1. The Bertz CT molecular complexity index is 1160. The molecule has 0 aromatic heterocycles. The van der Waals surface area contributed by atoms with Crippen LogP contribution in [-0.2, 0) is 27.7 Å². The summed E-state index contributed by atoms with van der Waals surface area (Å²) < 4.78 is 34.3. The molecule has 168 valence electrons. The van der Waals surface area contributed by atoms with Gasteiger partial charge in [-0.2, -0.15) is 4.72 Å². The second kappa shape index (κ2) is 10.4. The normalized spacial score (nSPS) is 12.2. The van der Waals surface area contributed by atoms with Crippen molar-refractivity contribution in [3.63, 3.8) is 0 Å². The van der Waals surface area contributed by atoms with Crippen molar-refractivity contribution in [1.82, 2.24) is 4.72 Å². The molecule has 0 heterocycles. The molecule has 0 aliphatic carbocycles. The van der Waals surface area contributed by atoms with Gasteiger partial charge in [0.2, 0.25) is 15.9 Å². The second-order valence-corrected chi connectivity index (χ2v) is 9.24. The molecular weight excluding hydrogens is 424 g/mol. The zero-order valence-electron chi connectivity index (χ0n) is 18.5. The van der Waals surface area contributed by atoms with E-state index >= 15 is 0 Å². The van der Waals surface area contributed by atoms with Crippen molar-refractivity contribution in [2.45, 2.75) is 37.6 Å². The van der Waals surface area contributed by atoms with Crippen molar-refractivity contribution in [2.24, 2.45) is 0 Å². The number of sulfonamides is 1. The first-order valence-corrected chi connectivity index (χ1v) is 11.9. The van der Waals surface area contributed by atoms with Crippen LogP contribution in [0.15, 0.2) is 77.7 Å². The Kier molecular flexibility index (Phi) is 7.66. The van der Waals surface area contributed by atoms with Crippen LogP contribution in [0.2, 0.25) is 0 Å². The molecule has 0 unspecified atom stereocenters. The number of anilines is 1. The molecule has 0 saturated carbocycles. The third-order valence-electron chi connectivity index (χ3n) is 5.13. The van der Waals surface area contributed by atoms with E-state index in [1.165, 1.54) is 13.2 Å². The van der Waals surface area contributed by atoms with Gasteiger partial charge in [0, 0.05) is 5.69 Å². The molecule has 3 aromatic carbocycles. The Morgan fingerprint density at radius 2 is 1.66 bits per heavy atom. The van der Waals surface area contributed by atoms with E-state index in [0.29, 0.717) is 5.69 Å². The van der Waals surface area contributed by atoms with E-state index in [4.69, 9.17) is 4.74 Å². The minimum Gasteiger partial charge on any atom is -0.495 e. The smallest absolute Gasteiger partial charge is 0.245 e. The highest BCUT2D eigenvalue weighted by atomic mass is 32.2. The quantitative estimate of drug-likeness (QED) is 0.512. The number of hydrogen-bond donors (Lipinski definition) is 2. The molecule has 6 nitrogen and oxygen atoms in total. The zero-order chi connectivity index (χ0) is 23.1. The first-order valence-electron chi connectivity index (χ1n) is 10.4. The summed E-state index contributed by atoms with van der Waals surface area (Å²) in [6.45, 7) is 3.85. The predicted octanol–water partition coefficient (Wildman–Crippen LogP) is 4.09. The number of nitrogens with one attached hydrogen (secondary N) is 2. The topological polar surface area (TPSA) is 84.5 Å². The second-order valence-electron chi connectivity index (χ2n) is 7.56. The van der Waals surface area contributed by atoms with Crippen LogP contribution in [-0.4, -0.2) is 27.5 Å². The zero-order valence-corrected chi connectivity index (χ0v) is 19.3. The minimum absolute atomic E-state index is 0.00170. The molecule has 1 amide bonds. The lowest BCUT2D eigenvalue weighted by molar-refractivity contribution is -0.117. The lowest BCUT2D eigenvalue weighted by Crippen LogP contribution is -2.45. The molecule has 3 rings (SSSR count). The van der Waals surface area contributed by atoms with Crippen molar-refractivity contribution in [1.29, 1.82) is 0 Å². The van der Waals surface area contributed by atoms with Crippen molar-refractivity contribution in [2.75, 3.05) is 12.4 Å². The van der Waals surface area contributed by atoms with Crippen molar-refractivity contribution >= 4 is 21.6 Å². The Morgan fingerprint density at radius 1 is 0.969 bits per heavy atom. The van der Waals surface area contributed by atoms with Crippen molar-refractivity contribution in [3.05, 3.63) is 89.5 Å². The number of carbonyl (C=O) groups excluding carboxylic acids is 1. The summed E-state index contributed by atoms with van der Waals surface area (Å²) in [7, 11) is -2.61. The molecule has 1 atom stereocenters. The van der Waals surface area contributed by atoms with Gasteiger partial charge in [0.25, 0.3) is 0 Å². The fourth-order valence-electron chi connectivity index (χ4n) is 3.34. The number of benzene rings is 3. The number of ether oxygens (including phenoxy) is 1. The Labute approximate surface area is 189 Å². The summed E-state index contributed by atoms with van der Waals surface area (Å²) in [6.07, 6.45) is 1.09. The molecule has 0 aliphatic heterocycles. The van der Waals surface area contributed by atoms with E-state index in [1.54, 1.807) is 19.1 Å². The molecule has 0 radical (unpaired) electrons.